The second-order valence-electron chi connectivity index (χ2n) is 5.95. The van der Waals surface area contributed by atoms with Crippen molar-refractivity contribution in [1.82, 2.24) is 10.6 Å². The Balaban J connectivity index is 1.62. The number of carbonyl (C=O) groups excluding carboxylic acids is 2. The summed E-state index contributed by atoms with van der Waals surface area (Å²) in [6, 6.07) is 3.72. The molecule has 1 saturated heterocycles. The maximum atomic E-state index is 12.1. The van der Waals surface area contributed by atoms with Crippen molar-refractivity contribution in [2.75, 3.05) is 6.54 Å². The molecule has 1 aliphatic heterocycles. The highest BCUT2D eigenvalue weighted by Crippen LogP contribution is 2.29. The molecule has 0 saturated carbocycles. The predicted molar refractivity (Wildman–Crippen MR) is 88.5 cm³/mol. The zero-order valence-electron chi connectivity index (χ0n) is 12.9. The third kappa shape index (κ3) is 3.50. The monoisotopic (exact) mass is 334 g/mol. The van der Waals surface area contributed by atoms with E-state index in [1.807, 2.05) is 19.1 Å². The van der Waals surface area contributed by atoms with E-state index in [0.29, 0.717) is 18.0 Å². The second-order valence-corrected chi connectivity index (χ2v) is 6.35. The first-order chi connectivity index (χ1) is 11.0. The normalized spacial score (nSPS) is 18.0. The molecule has 23 heavy (non-hydrogen) atoms. The number of rotatable bonds is 4. The van der Waals surface area contributed by atoms with Crippen LogP contribution in [0.2, 0.25) is 5.02 Å². The van der Waals surface area contributed by atoms with Gasteiger partial charge in [-0.2, -0.15) is 0 Å². The van der Waals surface area contributed by atoms with Crippen molar-refractivity contribution in [3.05, 3.63) is 34.5 Å². The fourth-order valence-electron chi connectivity index (χ4n) is 2.91. The minimum Gasteiger partial charge on any atom is -0.464 e. The summed E-state index contributed by atoms with van der Waals surface area (Å²) in [6.07, 6.45) is 4.20. The maximum absolute atomic E-state index is 12.1. The number of fused-ring (bicyclic) bond motifs is 1. The summed E-state index contributed by atoms with van der Waals surface area (Å²) in [4.78, 5) is 23.5. The van der Waals surface area contributed by atoms with Crippen molar-refractivity contribution < 1.29 is 14.0 Å². The lowest BCUT2D eigenvalue weighted by molar-refractivity contribution is -0.124. The molecule has 2 heterocycles. The van der Waals surface area contributed by atoms with E-state index in [9.17, 15) is 9.59 Å². The molecule has 1 aliphatic rings. The zero-order valence-corrected chi connectivity index (χ0v) is 13.7. The number of piperidine rings is 1. The lowest BCUT2D eigenvalue weighted by Crippen LogP contribution is -2.46. The first-order valence-corrected chi connectivity index (χ1v) is 8.13. The van der Waals surface area contributed by atoms with Gasteiger partial charge in [0.05, 0.1) is 12.7 Å². The largest absolute Gasteiger partial charge is 0.464 e. The number of nitrogens with one attached hydrogen (secondary N) is 2. The van der Waals surface area contributed by atoms with Crippen molar-refractivity contribution in [3.63, 3.8) is 0 Å². The van der Waals surface area contributed by atoms with Crippen LogP contribution >= 0.6 is 11.6 Å². The standard InChI is InChI=1S/C17H19ClN2O3/c1-10-14(18)6-5-13-11(9-23-17(10)13)7-16(22)19-8-12-3-2-4-15(21)20-12/h5-6,9,12H,2-4,7-8H2,1H3,(H,19,22)(H,20,21)/t12-/m1/s1. The molecule has 2 amide bonds. The van der Waals surface area contributed by atoms with Crippen LogP contribution in [0.4, 0.5) is 0 Å². The summed E-state index contributed by atoms with van der Waals surface area (Å²) in [5.74, 6) is -0.0243. The Bertz CT molecular complexity index is 754. The van der Waals surface area contributed by atoms with Gasteiger partial charge < -0.3 is 15.1 Å². The average Bonchev–Trinajstić information content (AvgIpc) is 2.93. The highest BCUT2D eigenvalue weighted by Gasteiger charge is 2.19. The van der Waals surface area contributed by atoms with Gasteiger partial charge >= 0.3 is 0 Å². The zero-order chi connectivity index (χ0) is 16.4. The summed E-state index contributed by atoms with van der Waals surface area (Å²) in [5.41, 5.74) is 2.44. The Hall–Kier alpha value is -2.01. The SMILES string of the molecule is Cc1c(Cl)ccc2c(CC(=O)NC[C@H]3CCCC(=O)N3)coc12. The van der Waals surface area contributed by atoms with Gasteiger partial charge in [0.15, 0.2) is 0 Å². The maximum Gasteiger partial charge on any atom is 0.224 e. The topological polar surface area (TPSA) is 71.3 Å². The predicted octanol–water partition coefficient (Wildman–Crippen LogP) is 2.72. The molecule has 3 rings (SSSR count). The summed E-state index contributed by atoms with van der Waals surface area (Å²) in [7, 11) is 0. The highest BCUT2D eigenvalue weighted by atomic mass is 35.5. The minimum absolute atomic E-state index is 0.0299. The van der Waals surface area contributed by atoms with E-state index in [1.165, 1.54) is 0 Å². The number of aryl methyl sites for hydroxylation is 1. The van der Waals surface area contributed by atoms with Crippen molar-refractivity contribution in [3.8, 4) is 0 Å². The van der Waals surface area contributed by atoms with Gasteiger partial charge in [-0.1, -0.05) is 11.6 Å². The van der Waals surface area contributed by atoms with Crippen LogP contribution in [0.1, 0.15) is 30.4 Å². The molecule has 1 aromatic carbocycles. The lowest BCUT2D eigenvalue weighted by Gasteiger charge is -2.23. The van der Waals surface area contributed by atoms with Crippen molar-refractivity contribution >= 4 is 34.4 Å². The number of hydrogen-bond donors (Lipinski definition) is 2. The van der Waals surface area contributed by atoms with Gasteiger partial charge in [-0.05, 0) is 31.9 Å². The molecule has 1 atom stereocenters. The summed E-state index contributed by atoms with van der Waals surface area (Å²) < 4.78 is 5.55. The Morgan fingerprint density at radius 3 is 3.09 bits per heavy atom. The molecule has 122 valence electrons. The molecule has 1 aromatic heterocycles. The average molecular weight is 335 g/mol. The number of benzene rings is 1. The van der Waals surface area contributed by atoms with E-state index in [1.54, 1.807) is 6.26 Å². The van der Waals surface area contributed by atoms with Crippen LogP contribution < -0.4 is 10.6 Å². The molecule has 0 unspecified atom stereocenters. The van der Waals surface area contributed by atoms with E-state index >= 15 is 0 Å². The van der Waals surface area contributed by atoms with Gasteiger partial charge in [-0.25, -0.2) is 0 Å². The van der Waals surface area contributed by atoms with Crippen molar-refractivity contribution in [2.45, 2.75) is 38.6 Å². The highest BCUT2D eigenvalue weighted by molar-refractivity contribution is 6.32. The Kier molecular flexibility index (Phi) is 4.57. The summed E-state index contributed by atoms with van der Waals surface area (Å²) in [6.45, 7) is 2.36. The van der Waals surface area contributed by atoms with Crippen molar-refractivity contribution in [1.29, 1.82) is 0 Å². The van der Waals surface area contributed by atoms with Gasteiger partial charge in [-0.3, -0.25) is 9.59 Å². The van der Waals surface area contributed by atoms with Crippen LogP contribution in [0.25, 0.3) is 11.0 Å². The fourth-order valence-corrected chi connectivity index (χ4v) is 3.06. The molecule has 2 N–H and O–H groups in total. The first-order valence-electron chi connectivity index (χ1n) is 7.76. The van der Waals surface area contributed by atoms with E-state index < -0.39 is 0 Å². The quantitative estimate of drug-likeness (QED) is 0.903. The number of amides is 2. The van der Waals surface area contributed by atoms with E-state index in [0.717, 1.165) is 34.9 Å². The van der Waals surface area contributed by atoms with E-state index in [-0.39, 0.29) is 24.3 Å². The van der Waals surface area contributed by atoms with Crippen LogP contribution in [0, 0.1) is 6.92 Å². The molecular formula is C17H19ClN2O3. The van der Waals surface area contributed by atoms with Gasteiger partial charge in [-0.15, -0.1) is 0 Å². The third-order valence-corrected chi connectivity index (χ3v) is 4.63. The van der Waals surface area contributed by atoms with Crippen LogP contribution in [-0.4, -0.2) is 24.4 Å². The molecule has 0 bridgehead atoms. The number of halogens is 1. The van der Waals surface area contributed by atoms with Gasteiger partial charge in [0.25, 0.3) is 0 Å². The number of hydrogen-bond acceptors (Lipinski definition) is 3. The smallest absolute Gasteiger partial charge is 0.224 e. The van der Waals surface area contributed by atoms with E-state index in [2.05, 4.69) is 10.6 Å². The lowest BCUT2D eigenvalue weighted by atomic mass is 10.0. The molecule has 0 spiro atoms. The van der Waals surface area contributed by atoms with Gasteiger partial charge in [0.1, 0.15) is 5.58 Å². The van der Waals surface area contributed by atoms with Crippen LogP contribution in [0.5, 0.6) is 0 Å². The van der Waals surface area contributed by atoms with Crippen LogP contribution in [0.15, 0.2) is 22.8 Å². The Morgan fingerprint density at radius 1 is 1.48 bits per heavy atom. The Labute approximate surface area is 139 Å². The van der Waals surface area contributed by atoms with Gasteiger partial charge in [0.2, 0.25) is 11.8 Å². The molecule has 2 aromatic rings. The van der Waals surface area contributed by atoms with Crippen LogP contribution in [0.3, 0.4) is 0 Å². The van der Waals surface area contributed by atoms with Crippen molar-refractivity contribution in [2.24, 2.45) is 0 Å². The third-order valence-electron chi connectivity index (χ3n) is 4.22. The molecule has 0 aliphatic carbocycles. The molecule has 1 fully saturated rings. The number of furan rings is 1. The molecule has 6 heteroatoms. The Morgan fingerprint density at radius 2 is 2.30 bits per heavy atom. The minimum atomic E-state index is -0.0832. The molecule has 5 nitrogen and oxygen atoms in total. The second kappa shape index (κ2) is 6.62. The summed E-state index contributed by atoms with van der Waals surface area (Å²) in [5, 5.41) is 7.33. The molecule has 0 radical (unpaired) electrons. The van der Waals surface area contributed by atoms with Gasteiger partial charge in [0, 0.05) is 40.5 Å². The fraction of sp³-hybridized carbons (Fsp3) is 0.412. The summed E-state index contributed by atoms with van der Waals surface area (Å²) >= 11 is 6.08. The number of carbonyl (C=O) groups is 2. The van der Waals surface area contributed by atoms with E-state index in [4.69, 9.17) is 16.0 Å². The molecular weight excluding hydrogens is 316 g/mol. The van der Waals surface area contributed by atoms with Crippen LogP contribution in [-0.2, 0) is 16.0 Å². The first kappa shape index (κ1) is 15.9.